The molecule has 0 amide bonds. The van der Waals surface area contributed by atoms with E-state index in [2.05, 4.69) is 4.98 Å². The van der Waals surface area contributed by atoms with Gasteiger partial charge in [-0.1, -0.05) is 78.9 Å². The Morgan fingerprint density at radius 2 is 1.32 bits per heavy atom. The number of fused-ring (bicyclic) bond motifs is 1. The molecule has 2 aromatic heterocycles. The molecular weight excluding hydrogens is 500 g/mol. The molecule has 6 rings (SSSR count). The second-order valence-corrected chi connectivity index (χ2v) is 9.52. The molecule has 2 N–H and O–H groups in total. The van der Waals surface area contributed by atoms with Gasteiger partial charge in [0.25, 0.3) is 0 Å². The van der Waals surface area contributed by atoms with Crippen molar-refractivity contribution in [1.29, 1.82) is 0 Å². The van der Waals surface area contributed by atoms with Crippen LogP contribution in [0.3, 0.4) is 0 Å². The number of anilines is 1. The van der Waals surface area contributed by atoms with Crippen LogP contribution < -0.4 is 20.9 Å². The minimum atomic E-state index is -0.200. The Morgan fingerprint density at radius 3 is 2.00 bits per heavy atom. The van der Waals surface area contributed by atoms with Crippen LogP contribution in [0.2, 0.25) is 0 Å². The van der Waals surface area contributed by atoms with Crippen molar-refractivity contribution >= 4 is 16.7 Å². The number of aromatic nitrogens is 3. The molecule has 4 aromatic carbocycles. The highest BCUT2D eigenvalue weighted by molar-refractivity contribution is 5.84. The van der Waals surface area contributed by atoms with Gasteiger partial charge in [-0.3, -0.25) is 9.13 Å². The third-order valence-corrected chi connectivity index (χ3v) is 6.80. The van der Waals surface area contributed by atoms with Gasteiger partial charge >= 0.3 is 5.69 Å². The lowest BCUT2D eigenvalue weighted by Gasteiger charge is -2.14. The van der Waals surface area contributed by atoms with Gasteiger partial charge in [0.2, 0.25) is 11.8 Å². The summed E-state index contributed by atoms with van der Waals surface area (Å²) in [6.07, 6.45) is 0. The summed E-state index contributed by atoms with van der Waals surface area (Å²) in [7, 11) is 1.77. The van der Waals surface area contributed by atoms with E-state index in [1.54, 1.807) is 22.2 Å². The zero-order valence-electron chi connectivity index (χ0n) is 22.0. The van der Waals surface area contributed by atoms with Crippen molar-refractivity contribution in [2.24, 2.45) is 7.05 Å². The lowest BCUT2D eigenvalue weighted by atomic mass is 10.0. The summed E-state index contributed by atoms with van der Waals surface area (Å²) in [4.78, 5) is 18.3. The van der Waals surface area contributed by atoms with Gasteiger partial charge < -0.3 is 15.2 Å². The number of aryl methyl sites for hydroxylation is 1. The zero-order valence-corrected chi connectivity index (χ0v) is 22.0. The van der Waals surface area contributed by atoms with E-state index >= 15 is 0 Å². The van der Waals surface area contributed by atoms with E-state index in [0.29, 0.717) is 36.3 Å². The van der Waals surface area contributed by atoms with E-state index in [0.717, 1.165) is 33.3 Å². The highest BCUT2D eigenvalue weighted by atomic mass is 16.5. The summed E-state index contributed by atoms with van der Waals surface area (Å²) in [5.41, 5.74) is 12.5. The number of pyridine rings is 1. The van der Waals surface area contributed by atoms with Crippen LogP contribution in [0.4, 0.5) is 5.69 Å². The average molecular weight is 529 g/mol. The van der Waals surface area contributed by atoms with Crippen LogP contribution in [0.1, 0.15) is 11.1 Å². The molecule has 6 aromatic rings. The van der Waals surface area contributed by atoms with Crippen molar-refractivity contribution in [3.05, 3.63) is 137 Å². The average Bonchev–Trinajstić information content (AvgIpc) is 3.25. The third-order valence-electron chi connectivity index (χ3n) is 6.80. The number of nitrogen functional groups attached to an aromatic ring is 1. The van der Waals surface area contributed by atoms with Crippen LogP contribution in [0.25, 0.3) is 27.8 Å². The first-order valence-corrected chi connectivity index (χ1v) is 13.0. The first-order valence-electron chi connectivity index (χ1n) is 13.0. The lowest BCUT2D eigenvalue weighted by Crippen LogP contribution is -2.21. The van der Waals surface area contributed by atoms with Crippen LogP contribution in [0.5, 0.6) is 11.8 Å². The Hall–Kier alpha value is -5.30. The van der Waals surface area contributed by atoms with Crippen molar-refractivity contribution in [3.63, 3.8) is 0 Å². The summed E-state index contributed by atoms with van der Waals surface area (Å²) >= 11 is 0. The van der Waals surface area contributed by atoms with Crippen molar-refractivity contribution in [3.8, 4) is 28.6 Å². The Kier molecular flexibility index (Phi) is 6.77. The van der Waals surface area contributed by atoms with Gasteiger partial charge in [0.1, 0.15) is 18.9 Å². The molecule has 198 valence electrons. The summed E-state index contributed by atoms with van der Waals surface area (Å²) < 4.78 is 15.5. The number of imidazole rings is 1. The monoisotopic (exact) mass is 528 g/mol. The SMILES string of the molecule is Cn1c(=O)n(-c2ccc(OCc3ccccc3)nc2OCc2ccccc2)c2ccc(-c3ccc(N)cc3)cc21. The third kappa shape index (κ3) is 5.05. The second kappa shape index (κ2) is 10.8. The molecule has 0 aliphatic carbocycles. The molecule has 0 atom stereocenters. The number of hydrogen-bond donors (Lipinski definition) is 1. The zero-order chi connectivity index (χ0) is 27.5. The molecule has 0 radical (unpaired) electrons. The number of nitrogens with zero attached hydrogens (tertiary/aromatic N) is 3. The van der Waals surface area contributed by atoms with E-state index in [-0.39, 0.29) is 5.69 Å². The fraction of sp³-hybridized carbons (Fsp3) is 0.0909. The maximum Gasteiger partial charge on any atom is 0.333 e. The fourth-order valence-electron chi connectivity index (χ4n) is 4.66. The Bertz CT molecular complexity index is 1830. The predicted octanol–water partition coefficient (Wildman–Crippen LogP) is 6.13. The van der Waals surface area contributed by atoms with E-state index < -0.39 is 0 Å². The Labute approximate surface area is 231 Å². The van der Waals surface area contributed by atoms with E-state index in [4.69, 9.17) is 15.2 Å². The van der Waals surface area contributed by atoms with Crippen LogP contribution in [-0.4, -0.2) is 14.1 Å². The van der Waals surface area contributed by atoms with E-state index in [1.165, 1.54) is 0 Å². The quantitative estimate of drug-likeness (QED) is 0.240. The van der Waals surface area contributed by atoms with Gasteiger partial charge in [0, 0.05) is 18.8 Å². The summed E-state index contributed by atoms with van der Waals surface area (Å²) in [5, 5.41) is 0. The van der Waals surface area contributed by atoms with Gasteiger partial charge in [0.05, 0.1) is 11.0 Å². The van der Waals surface area contributed by atoms with Gasteiger partial charge in [-0.05, 0) is 52.6 Å². The maximum absolute atomic E-state index is 13.6. The molecule has 0 fully saturated rings. The number of rotatable bonds is 8. The van der Waals surface area contributed by atoms with Crippen LogP contribution in [-0.2, 0) is 20.3 Å². The Morgan fingerprint density at radius 1 is 0.700 bits per heavy atom. The molecule has 0 unspecified atom stereocenters. The molecule has 0 aliphatic heterocycles. The first-order chi connectivity index (χ1) is 19.6. The van der Waals surface area contributed by atoms with E-state index in [9.17, 15) is 4.79 Å². The number of benzene rings is 4. The summed E-state index contributed by atoms with van der Waals surface area (Å²) in [5.74, 6) is 0.723. The minimum absolute atomic E-state index is 0.200. The fourth-order valence-corrected chi connectivity index (χ4v) is 4.66. The van der Waals surface area contributed by atoms with Crippen molar-refractivity contribution in [1.82, 2.24) is 14.1 Å². The van der Waals surface area contributed by atoms with Crippen molar-refractivity contribution in [2.75, 3.05) is 5.73 Å². The molecule has 0 bridgehead atoms. The molecule has 40 heavy (non-hydrogen) atoms. The van der Waals surface area contributed by atoms with E-state index in [1.807, 2.05) is 109 Å². The number of ether oxygens (including phenoxy) is 2. The highest BCUT2D eigenvalue weighted by Crippen LogP contribution is 2.30. The van der Waals surface area contributed by atoms with Crippen LogP contribution in [0, 0.1) is 0 Å². The maximum atomic E-state index is 13.6. The Balaban J connectivity index is 1.40. The molecule has 7 heteroatoms. The number of hydrogen-bond acceptors (Lipinski definition) is 5. The molecule has 0 saturated carbocycles. The molecule has 0 saturated heterocycles. The first kappa shape index (κ1) is 25.0. The molecule has 0 aliphatic rings. The van der Waals surface area contributed by atoms with Crippen LogP contribution in [0.15, 0.2) is 120 Å². The molecule has 2 heterocycles. The largest absolute Gasteiger partial charge is 0.473 e. The van der Waals surface area contributed by atoms with Crippen LogP contribution >= 0.6 is 0 Å². The minimum Gasteiger partial charge on any atom is -0.473 e. The standard InChI is InChI=1S/C33H28N4O3/c1-36-30-20-26(25-12-15-27(34)16-13-25)14-17-28(30)37(33(36)38)29-18-19-31(39-21-23-8-4-2-5-9-23)35-32(29)40-22-24-10-6-3-7-11-24/h2-20H,21-22,34H2,1H3. The predicted molar refractivity (Wildman–Crippen MR) is 158 cm³/mol. The van der Waals surface area contributed by atoms with Gasteiger partial charge in [0.15, 0.2) is 0 Å². The topological polar surface area (TPSA) is 84.3 Å². The molecule has 0 spiro atoms. The smallest absolute Gasteiger partial charge is 0.333 e. The van der Waals surface area contributed by atoms with Crippen molar-refractivity contribution < 1.29 is 9.47 Å². The molecular formula is C33H28N4O3. The van der Waals surface area contributed by atoms with Crippen molar-refractivity contribution in [2.45, 2.75) is 13.2 Å². The van der Waals surface area contributed by atoms with Gasteiger partial charge in [-0.2, -0.15) is 4.98 Å². The second-order valence-electron chi connectivity index (χ2n) is 9.52. The molecule has 7 nitrogen and oxygen atoms in total. The number of nitrogens with two attached hydrogens (primary N) is 1. The highest BCUT2D eigenvalue weighted by Gasteiger charge is 2.19. The lowest BCUT2D eigenvalue weighted by molar-refractivity contribution is 0.267. The summed E-state index contributed by atoms with van der Waals surface area (Å²) in [6, 6.07) is 37.0. The summed E-state index contributed by atoms with van der Waals surface area (Å²) in [6.45, 7) is 0.664. The normalized spacial score (nSPS) is 11.0. The van der Waals surface area contributed by atoms with Gasteiger partial charge in [-0.15, -0.1) is 0 Å². The van der Waals surface area contributed by atoms with Gasteiger partial charge in [-0.25, -0.2) is 4.79 Å².